The van der Waals surface area contributed by atoms with Crippen molar-refractivity contribution in [2.45, 2.75) is 11.9 Å². The van der Waals surface area contributed by atoms with Crippen molar-refractivity contribution in [3.63, 3.8) is 0 Å². The Kier molecular flexibility index (Phi) is 3.48. The first-order valence-electron chi connectivity index (χ1n) is 5.70. The van der Waals surface area contributed by atoms with Crippen molar-refractivity contribution in [3.05, 3.63) is 36.3 Å². The molecule has 2 rings (SSSR count). The highest BCUT2D eigenvalue weighted by Crippen LogP contribution is 2.18. The summed E-state index contributed by atoms with van der Waals surface area (Å²) >= 11 is 0. The lowest BCUT2D eigenvalue weighted by atomic mass is 10.3. The summed E-state index contributed by atoms with van der Waals surface area (Å²) in [6, 6.07) is 7.12. The molecule has 6 nitrogen and oxygen atoms in total. The highest BCUT2D eigenvalue weighted by atomic mass is 32.2. The zero-order valence-corrected chi connectivity index (χ0v) is 11.8. The molecule has 0 unspecified atom stereocenters. The van der Waals surface area contributed by atoms with Crippen LogP contribution in [0.2, 0.25) is 0 Å². The van der Waals surface area contributed by atoms with Crippen LogP contribution in [0, 0.1) is 6.92 Å². The minimum Gasteiger partial charge on any atom is -0.378 e. The summed E-state index contributed by atoms with van der Waals surface area (Å²) < 4.78 is 26.6. The first kappa shape index (κ1) is 13.4. The normalized spacial score (nSPS) is 11.3. The van der Waals surface area contributed by atoms with E-state index in [1.54, 1.807) is 19.1 Å². The molecule has 0 spiro atoms. The van der Waals surface area contributed by atoms with Crippen molar-refractivity contribution in [2.75, 3.05) is 23.7 Å². The SMILES string of the molecule is Cc1ncc(S(=O)(=O)Nc2ccc(N(C)C)cc2)[nH]1. The van der Waals surface area contributed by atoms with Crippen LogP contribution in [0.5, 0.6) is 0 Å². The zero-order chi connectivity index (χ0) is 14.0. The minimum absolute atomic E-state index is 0.0571. The highest BCUT2D eigenvalue weighted by molar-refractivity contribution is 7.92. The van der Waals surface area contributed by atoms with E-state index in [1.807, 2.05) is 31.1 Å². The molecule has 0 radical (unpaired) electrons. The van der Waals surface area contributed by atoms with E-state index in [0.717, 1.165) is 5.69 Å². The van der Waals surface area contributed by atoms with Crippen LogP contribution in [0.3, 0.4) is 0 Å². The lowest BCUT2D eigenvalue weighted by Gasteiger charge is -2.13. The van der Waals surface area contributed by atoms with Gasteiger partial charge in [-0.25, -0.2) is 4.98 Å². The molecule has 0 saturated carbocycles. The third-order valence-electron chi connectivity index (χ3n) is 2.60. The topological polar surface area (TPSA) is 78.1 Å². The Hall–Kier alpha value is -2.02. The molecule has 1 heterocycles. The number of imidazole rings is 1. The molecular weight excluding hydrogens is 264 g/mol. The smallest absolute Gasteiger partial charge is 0.278 e. The van der Waals surface area contributed by atoms with E-state index in [0.29, 0.717) is 11.5 Å². The predicted molar refractivity (Wildman–Crippen MR) is 74.9 cm³/mol. The van der Waals surface area contributed by atoms with Crippen molar-refractivity contribution in [1.29, 1.82) is 0 Å². The largest absolute Gasteiger partial charge is 0.378 e. The summed E-state index contributed by atoms with van der Waals surface area (Å²) in [4.78, 5) is 8.52. The fraction of sp³-hybridized carbons (Fsp3) is 0.250. The maximum absolute atomic E-state index is 12.0. The molecule has 0 aliphatic carbocycles. The molecule has 102 valence electrons. The third kappa shape index (κ3) is 3.05. The molecule has 0 amide bonds. The Labute approximate surface area is 112 Å². The van der Waals surface area contributed by atoms with Gasteiger partial charge in [-0.05, 0) is 31.2 Å². The average molecular weight is 280 g/mol. The Morgan fingerprint density at radius 2 is 1.84 bits per heavy atom. The molecule has 0 fully saturated rings. The number of hydrogen-bond donors (Lipinski definition) is 2. The summed E-state index contributed by atoms with van der Waals surface area (Å²) in [6.07, 6.45) is 1.30. The predicted octanol–water partition coefficient (Wildman–Crippen LogP) is 1.58. The van der Waals surface area contributed by atoms with Gasteiger partial charge in [0.05, 0.1) is 6.20 Å². The number of H-pyrrole nitrogens is 1. The number of rotatable bonds is 4. The highest BCUT2D eigenvalue weighted by Gasteiger charge is 2.16. The Morgan fingerprint density at radius 3 is 2.32 bits per heavy atom. The number of aromatic nitrogens is 2. The Morgan fingerprint density at radius 1 is 1.21 bits per heavy atom. The van der Waals surface area contributed by atoms with Crippen LogP contribution < -0.4 is 9.62 Å². The fourth-order valence-corrected chi connectivity index (χ4v) is 2.60. The van der Waals surface area contributed by atoms with Crippen LogP contribution in [-0.4, -0.2) is 32.5 Å². The third-order valence-corrected chi connectivity index (χ3v) is 3.90. The number of nitrogens with one attached hydrogen (secondary N) is 2. The van der Waals surface area contributed by atoms with Crippen molar-refractivity contribution < 1.29 is 8.42 Å². The van der Waals surface area contributed by atoms with E-state index in [-0.39, 0.29) is 5.03 Å². The lowest BCUT2D eigenvalue weighted by Crippen LogP contribution is -2.14. The monoisotopic (exact) mass is 280 g/mol. The summed E-state index contributed by atoms with van der Waals surface area (Å²) in [7, 11) is 0.239. The first-order chi connectivity index (χ1) is 8.88. The van der Waals surface area contributed by atoms with Crippen LogP contribution in [0.4, 0.5) is 11.4 Å². The molecule has 0 aliphatic rings. The van der Waals surface area contributed by atoms with Crippen LogP contribution in [0.15, 0.2) is 35.5 Å². The molecule has 2 N–H and O–H groups in total. The van der Waals surface area contributed by atoms with Crippen LogP contribution in [0.1, 0.15) is 5.82 Å². The van der Waals surface area contributed by atoms with E-state index < -0.39 is 10.0 Å². The van der Waals surface area contributed by atoms with Gasteiger partial charge < -0.3 is 9.88 Å². The van der Waals surface area contributed by atoms with Gasteiger partial charge in [0.25, 0.3) is 10.0 Å². The van der Waals surface area contributed by atoms with Crippen molar-refractivity contribution in [1.82, 2.24) is 9.97 Å². The lowest BCUT2D eigenvalue weighted by molar-refractivity contribution is 0.598. The van der Waals surface area contributed by atoms with Gasteiger partial charge in [-0.2, -0.15) is 8.42 Å². The van der Waals surface area contributed by atoms with Gasteiger partial charge in [-0.15, -0.1) is 0 Å². The second-order valence-electron chi connectivity index (χ2n) is 4.38. The molecule has 1 aromatic carbocycles. The van der Waals surface area contributed by atoms with E-state index in [1.165, 1.54) is 6.20 Å². The number of anilines is 2. The second kappa shape index (κ2) is 4.93. The average Bonchev–Trinajstić information content (AvgIpc) is 2.77. The first-order valence-corrected chi connectivity index (χ1v) is 7.18. The van der Waals surface area contributed by atoms with E-state index >= 15 is 0 Å². The molecule has 2 aromatic rings. The summed E-state index contributed by atoms with van der Waals surface area (Å²) in [5.74, 6) is 0.559. The van der Waals surface area contributed by atoms with E-state index in [2.05, 4.69) is 14.7 Å². The summed E-state index contributed by atoms with van der Waals surface area (Å²) in [6.45, 7) is 1.70. The van der Waals surface area contributed by atoms with Crippen LogP contribution in [0.25, 0.3) is 0 Å². The van der Waals surface area contributed by atoms with Crippen LogP contribution in [-0.2, 0) is 10.0 Å². The summed E-state index contributed by atoms with van der Waals surface area (Å²) in [5, 5.41) is 0.0571. The summed E-state index contributed by atoms with van der Waals surface area (Å²) in [5.41, 5.74) is 1.51. The van der Waals surface area contributed by atoms with Gasteiger partial charge in [0.15, 0.2) is 5.03 Å². The molecule has 0 bridgehead atoms. The van der Waals surface area contributed by atoms with Crippen molar-refractivity contribution in [3.8, 4) is 0 Å². The Bertz CT molecular complexity index is 659. The second-order valence-corrected chi connectivity index (χ2v) is 6.03. The van der Waals surface area contributed by atoms with Gasteiger partial charge in [0.2, 0.25) is 0 Å². The van der Waals surface area contributed by atoms with Gasteiger partial charge in [0, 0.05) is 25.5 Å². The molecule has 7 heteroatoms. The maximum atomic E-state index is 12.0. The zero-order valence-electron chi connectivity index (χ0n) is 11.0. The number of hydrogen-bond acceptors (Lipinski definition) is 4. The van der Waals surface area contributed by atoms with Gasteiger partial charge in [0.1, 0.15) is 5.82 Å². The number of nitrogens with zero attached hydrogens (tertiary/aromatic N) is 2. The molecular formula is C12H16N4O2S. The molecule has 19 heavy (non-hydrogen) atoms. The quantitative estimate of drug-likeness (QED) is 0.891. The number of aryl methyl sites for hydroxylation is 1. The van der Waals surface area contributed by atoms with Gasteiger partial charge in [-0.3, -0.25) is 4.72 Å². The van der Waals surface area contributed by atoms with E-state index in [4.69, 9.17) is 0 Å². The van der Waals surface area contributed by atoms with Crippen molar-refractivity contribution in [2.24, 2.45) is 0 Å². The van der Waals surface area contributed by atoms with Crippen LogP contribution >= 0.6 is 0 Å². The molecule has 1 aromatic heterocycles. The number of sulfonamides is 1. The molecule has 0 saturated heterocycles. The van der Waals surface area contributed by atoms with Gasteiger partial charge in [-0.1, -0.05) is 0 Å². The minimum atomic E-state index is -3.61. The molecule has 0 aliphatic heterocycles. The fourth-order valence-electron chi connectivity index (χ4n) is 1.57. The van der Waals surface area contributed by atoms with E-state index in [9.17, 15) is 8.42 Å². The van der Waals surface area contributed by atoms with Crippen molar-refractivity contribution >= 4 is 21.4 Å². The number of benzene rings is 1. The standard InChI is InChI=1S/C12H16N4O2S/c1-9-13-8-12(14-9)19(17,18)15-10-4-6-11(7-5-10)16(2)3/h4-8,15H,1-3H3,(H,13,14). The molecule has 0 atom stereocenters. The van der Waals surface area contributed by atoms with Gasteiger partial charge >= 0.3 is 0 Å². The number of aromatic amines is 1. The Balaban J connectivity index is 2.21. The maximum Gasteiger partial charge on any atom is 0.278 e.